The maximum absolute atomic E-state index is 12.9. The monoisotopic (exact) mass is 244 g/mol. The highest BCUT2D eigenvalue weighted by Crippen LogP contribution is 2.16. The number of aryl methyl sites for hydroxylation is 1. The van der Waals surface area contributed by atoms with Gasteiger partial charge in [-0.2, -0.15) is 5.26 Å². The van der Waals surface area contributed by atoms with Crippen LogP contribution in [0.4, 0.5) is 10.1 Å². The number of nitriles is 1. The molecule has 0 aliphatic carbocycles. The molecule has 0 aliphatic rings. The lowest BCUT2D eigenvalue weighted by Gasteiger charge is -2.05. The Morgan fingerprint density at radius 1 is 1.56 bits per heavy atom. The van der Waals surface area contributed by atoms with E-state index in [9.17, 15) is 9.18 Å². The summed E-state index contributed by atoms with van der Waals surface area (Å²) in [5, 5.41) is 11.4. The largest absolute Gasteiger partial charge is 0.340 e. The van der Waals surface area contributed by atoms with Gasteiger partial charge >= 0.3 is 0 Å². The van der Waals surface area contributed by atoms with Crippen molar-refractivity contribution in [1.29, 1.82) is 5.26 Å². The summed E-state index contributed by atoms with van der Waals surface area (Å²) in [6, 6.07) is 5.40. The molecule has 0 bridgehead atoms. The molecule has 0 saturated heterocycles. The molecule has 6 heteroatoms. The number of imidazole rings is 1. The van der Waals surface area contributed by atoms with Crippen molar-refractivity contribution in [3.8, 4) is 6.07 Å². The second kappa shape index (κ2) is 4.67. The minimum atomic E-state index is -0.526. The zero-order valence-electron chi connectivity index (χ0n) is 9.51. The van der Waals surface area contributed by atoms with Crippen molar-refractivity contribution < 1.29 is 9.18 Å². The average molecular weight is 244 g/mol. The smallest absolute Gasteiger partial charge is 0.275 e. The van der Waals surface area contributed by atoms with Gasteiger partial charge in [-0.05, 0) is 18.2 Å². The molecule has 0 aliphatic heterocycles. The third-order valence-electron chi connectivity index (χ3n) is 2.29. The zero-order chi connectivity index (χ0) is 13.1. The molecular weight excluding hydrogens is 235 g/mol. The number of anilines is 1. The molecule has 0 fully saturated rings. The fourth-order valence-corrected chi connectivity index (χ4v) is 1.43. The minimum Gasteiger partial charge on any atom is -0.340 e. The summed E-state index contributed by atoms with van der Waals surface area (Å²) in [5.74, 6) is -0.971. The van der Waals surface area contributed by atoms with E-state index < -0.39 is 11.7 Å². The van der Waals surface area contributed by atoms with E-state index >= 15 is 0 Å². The van der Waals surface area contributed by atoms with Crippen molar-refractivity contribution in [1.82, 2.24) is 9.55 Å². The number of amides is 1. The van der Waals surface area contributed by atoms with Crippen LogP contribution in [0.3, 0.4) is 0 Å². The van der Waals surface area contributed by atoms with Crippen LogP contribution in [-0.2, 0) is 7.05 Å². The summed E-state index contributed by atoms with van der Waals surface area (Å²) in [5.41, 5.74) is 0.555. The van der Waals surface area contributed by atoms with Crippen LogP contribution in [0.5, 0.6) is 0 Å². The Hall–Kier alpha value is -2.68. The number of carbonyl (C=O) groups is 1. The molecular formula is C12H9FN4O. The van der Waals surface area contributed by atoms with Gasteiger partial charge in [-0.3, -0.25) is 4.79 Å². The van der Waals surface area contributed by atoms with E-state index in [4.69, 9.17) is 5.26 Å². The van der Waals surface area contributed by atoms with Crippen LogP contribution in [0.2, 0.25) is 0 Å². The van der Waals surface area contributed by atoms with Crippen molar-refractivity contribution in [3.63, 3.8) is 0 Å². The highest BCUT2D eigenvalue weighted by atomic mass is 19.1. The standard InChI is InChI=1S/C12H9FN4O/c1-17-6-11(15-7-17)12(18)16-10-3-2-9(13)4-8(10)5-14/h2-4,6-7H,1H3,(H,16,18). The highest BCUT2D eigenvalue weighted by molar-refractivity contribution is 6.03. The van der Waals surface area contributed by atoms with Crippen molar-refractivity contribution in [2.75, 3.05) is 5.32 Å². The molecule has 5 nitrogen and oxygen atoms in total. The van der Waals surface area contributed by atoms with Crippen LogP contribution < -0.4 is 5.32 Å². The van der Waals surface area contributed by atoms with E-state index in [2.05, 4.69) is 10.3 Å². The lowest BCUT2D eigenvalue weighted by Crippen LogP contribution is -2.13. The van der Waals surface area contributed by atoms with Crippen LogP contribution in [-0.4, -0.2) is 15.5 Å². The van der Waals surface area contributed by atoms with Crippen LogP contribution in [0.15, 0.2) is 30.7 Å². The normalized spacial score (nSPS) is 9.83. The molecule has 1 aromatic carbocycles. The van der Waals surface area contributed by atoms with E-state index in [0.717, 1.165) is 6.07 Å². The van der Waals surface area contributed by atoms with Gasteiger partial charge in [0.15, 0.2) is 0 Å². The van der Waals surface area contributed by atoms with E-state index in [1.54, 1.807) is 17.8 Å². The summed E-state index contributed by atoms with van der Waals surface area (Å²) >= 11 is 0. The van der Waals surface area contributed by atoms with Gasteiger partial charge in [0.2, 0.25) is 0 Å². The first-order chi connectivity index (χ1) is 8.60. The summed E-state index contributed by atoms with van der Waals surface area (Å²) in [4.78, 5) is 15.7. The quantitative estimate of drug-likeness (QED) is 0.873. The van der Waals surface area contributed by atoms with Gasteiger partial charge in [-0.15, -0.1) is 0 Å². The number of nitrogens with one attached hydrogen (secondary N) is 1. The molecule has 0 unspecified atom stereocenters. The van der Waals surface area contributed by atoms with Crippen LogP contribution in [0, 0.1) is 17.1 Å². The average Bonchev–Trinajstić information content (AvgIpc) is 2.78. The van der Waals surface area contributed by atoms with Crippen LogP contribution in [0.25, 0.3) is 0 Å². The van der Waals surface area contributed by atoms with E-state index in [1.807, 2.05) is 6.07 Å². The molecule has 0 radical (unpaired) electrons. The van der Waals surface area contributed by atoms with Gasteiger partial charge in [0.1, 0.15) is 17.6 Å². The highest BCUT2D eigenvalue weighted by Gasteiger charge is 2.11. The van der Waals surface area contributed by atoms with Crippen molar-refractivity contribution >= 4 is 11.6 Å². The molecule has 1 amide bonds. The molecule has 0 atom stereocenters. The zero-order valence-corrected chi connectivity index (χ0v) is 9.51. The van der Waals surface area contributed by atoms with Gasteiger partial charge in [0.25, 0.3) is 5.91 Å². The number of benzene rings is 1. The molecule has 2 rings (SSSR count). The maximum atomic E-state index is 12.9. The van der Waals surface area contributed by atoms with E-state index in [-0.39, 0.29) is 16.9 Å². The fourth-order valence-electron chi connectivity index (χ4n) is 1.43. The minimum absolute atomic E-state index is 0.0688. The first-order valence-corrected chi connectivity index (χ1v) is 5.09. The van der Waals surface area contributed by atoms with Gasteiger partial charge in [-0.25, -0.2) is 9.37 Å². The second-order valence-electron chi connectivity index (χ2n) is 3.68. The first-order valence-electron chi connectivity index (χ1n) is 5.09. The second-order valence-corrected chi connectivity index (χ2v) is 3.68. The maximum Gasteiger partial charge on any atom is 0.275 e. The Morgan fingerprint density at radius 3 is 2.94 bits per heavy atom. The third-order valence-corrected chi connectivity index (χ3v) is 2.29. The predicted octanol–water partition coefficient (Wildman–Crippen LogP) is 1.68. The molecule has 2 aromatic rings. The number of halogens is 1. The SMILES string of the molecule is Cn1cnc(C(=O)Nc2ccc(F)cc2C#N)c1. The van der Waals surface area contributed by atoms with Gasteiger partial charge in [0, 0.05) is 13.2 Å². The molecule has 90 valence electrons. The van der Waals surface area contributed by atoms with Crippen molar-refractivity contribution in [3.05, 3.63) is 47.8 Å². The Kier molecular flexibility index (Phi) is 3.06. The number of nitrogens with zero attached hydrogens (tertiary/aromatic N) is 3. The molecule has 1 N–H and O–H groups in total. The van der Waals surface area contributed by atoms with Crippen LogP contribution >= 0.6 is 0 Å². The van der Waals surface area contributed by atoms with E-state index in [1.165, 1.54) is 18.5 Å². The van der Waals surface area contributed by atoms with Crippen LogP contribution in [0.1, 0.15) is 16.1 Å². The number of rotatable bonds is 2. The Morgan fingerprint density at radius 2 is 2.33 bits per heavy atom. The molecule has 18 heavy (non-hydrogen) atoms. The molecule has 1 heterocycles. The molecule has 0 saturated carbocycles. The summed E-state index contributed by atoms with van der Waals surface area (Å²) in [6.45, 7) is 0. The summed E-state index contributed by atoms with van der Waals surface area (Å²) in [7, 11) is 1.74. The first kappa shape index (κ1) is 11.8. The number of hydrogen-bond acceptors (Lipinski definition) is 3. The molecule has 1 aromatic heterocycles. The topological polar surface area (TPSA) is 70.7 Å². The summed E-state index contributed by atoms with van der Waals surface area (Å²) in [6.07, 6.45) is 3.04. The summed E-state index contributed by atoms with van der Waals surface area (Å²) < 4.78 is 14.5. The number of hydrogen-bond donors (Lipinski definition) is 1. The lowest BCUT2D eigenvalue weighted by molar-refractivity contribution is 0.102. The third kappa shape index (κ3) is 2.35. The Labute approximate surface area is 102 Å². The number of carbonyl (C=O) groups excluding carboxylic acids is 1. The number of aromatic nitrogens is 2. The van der Waals surface area contributed by atoms with Crippen molar-refractivity contribution in [2.45, 2.75) is 0 Å². The lowest BCUT2D eigenvalue weighted by atomic mass is 10.2. The van der Waals surface area contributed by atoms with Crippen molar-refractivity contribution in [2.24, 2.45) is 7.05 Å². The Bertz CT molecular complexity index is 642. The van der Waals surface area contributed by atoms with Gasteiger partial charge in [0.05, 0.1) is 17.6 Å². The predicted molar refractivity (Wildman–Crippen MR) is 62.3 cm³/mol. The van der Waals surface area contributed by atoms with E-state index in [0.29, 0.717) is 0 Å². The Balaban J connectivity index is 2.25. The van der Waals surface area contributed by atoms with Gasteiger partial charge in [-0.1, -0.05) is 0 Å². The molecule has 0 spiro atoms. The van der Waals surface area contributed by atoms with Gasteiger partial charge < -0.3 is 9.88 Å². The fraction of sp³-hybridized carbons (Fsp3) is 0.0833.